The van der Waals surface area contributed by atoms with Crippen LogP contribution in [0.1, 0.15) is 42.0 Å². The number of aromatic nitrogens is 1. The zero-order chi connectivity index (χ0) is 24.9. The number of hydrogen-bond donors (Lipinski definition) is 0. The highest BCUT2D eigenvalue weighted by atomic mass is 32.2. The molecule has 0 atom stereocenters. The molecule has 0 radical (unpaired) electrons. The number of ether oxygens (including phenoxy) is 1. The van der Waals surface area contributed by atoms with Gasteiger partial charge in [-0.3, -0.25) is 19.1 Å². The number of nitriles is 1. The normalized spacial score (nSPS) is 17.3. The van der Waals surface area contributed by atoms with Gasteiger partial charge in [-0.1, -0.05) is 67.7 Å². The molecule has 4 rings (SSSR count). The van der Waals surface area contributed by atoms with Crippen LogP contribution in [0.15, 0.2) is 40.0 Å². The molecule has 9 heteroatoms. The maximum Gasteiger partial charge on any atom is 0.270 e. The number of hydrogen-bond acceptors (Lipinski definition) is 7. The van der Waals surface area contributed by atoms with Gasteiger partial charge in [0.05, 0.1) is 24.7 Å². The number of amides is 1. The van der Waals surface area contributed by atoms with Crippen LogP contribution in [-0.2, 0) is 22.6 Å². The number of carbonyl (C=O) groups excluding carboxylic acids is 1. The molecular weight excluding hydrogens is 480 g/mol. The lowest BCUT2D eigenvalue weighted by Gasteiger charge is -2.33. The summed E-state index contributed by atoms with van der Waals surface area (Å²) in [5, 5.41) is 9.82. The third-order valence-electron chi connectivity index (χ3n) is 6.22. The van der Waals surface area contributed by atoms with E-state index in [0.29, 0.717) is 54.2 Å². The standard InChI is InChI=1S/C26H28N4O3S2/c1-3-4-10-29-23(28-11-13-33-14-12-28)20(18(2)21(16-27)24(29)31)15-22-25(32)30(26(34)35-22)17-19-8-6-5-7-9-19/h5-9,15H,3-4,10-14,17H2,1-2H3/b22-15-. The van der Waals surface area contributed by atoms with Gasteiger partial charge < -0.3 is 9.64 Å². The Morgan fingerprint density at radius 2 is 1.91 bits per heavy atom. The maximum absolute atomic E-state index is 13.4. The van der Waals surface area contributed by atoms with E-state index >= 15 is 0 Å². The van der Waals surface area contributed by atoms with Crippen molar-refractivity contribution in [2.75, 3.05) is 31.2 Å². The summed E-state index contributed by atoms with van der Waals surface area (Å²) in [6.45, 7) is 7.13. The van der Waals surface area contributed by atoms with Gasteiger partial charge in [-0.05, 0) is 30.5 Å². The molecule has 0 unspecified atom stereocenters. The fourth-order valence-corrected chi connectivity index (χ4v) is 5.55. The molecule has 2 aliphatic heterocycles. The second-order valence-corrected chi connectivity index (χ2v) is 10.2. The first-order valence-corrected chi connectivity index (χ1v) is 13.0. The minimum Gasteiger partial charge on any atom is -0.378 e. The molecule has 2 aliphatic rings. The predicted molar refractivity (Wildman–Crippen MR) is 143 cm³/mol. The molecule has 2 fully saturated rings. The molecule has 1 amide bonds. The monoisotopic (exact) mass is 508 g/mol. The molecule has 0 bridgehead atoms. The van der Waals surface area contributed by atoms with Crippen LogP contribution < -0.4 is 10.5 Å². The van der Waals surface area contributed by atoms with Gasteiger partial charge in [0.1, 0.15) is 21.8 Å². The van der Waals surface area contributed by atoms with Crippen LogP contribution in [0.25, 0.3) is 6.08 Å². The molecule has 1 aromatic carbocycles. The molecule has 7 nitrogen and oxygen atoms in total. The third-order valence-corrected chi connectivity index (χ3v) is 7.60. The van der Waals surface area contributed by atoms with Crippen LogP contribution in [0.4, 0.5) is 5.82 Å². The topological polar surface area (TPSA) is 78.6 Å². The van der Waals surface area contributed by atoms with Crippen LogP contribution in [0.5, 0.6) is 0 Å². The number of morpholine rings is 1. The molecular formula is C26H28N4O3S2. The summed E-state index contributed by atoms with van der Waals surface area (Å²) in [7, 11) is 0. The molecule has 0 saturated carbocycles. The average Bonchev–Trinajstić information content (AvgIpc) is 3.13. The third kappa shape index (κ3) is 5.20. The highest BCUT2D eigenvalue weighted by molar-refractivity contribution is 8.26. The Labute approximate surface area is 215 Å². The Hall–Kier alpha value is -2.93. The number of rotatable bonds is 7. The Kier molecular flexibility index (Phi) is 8.06. The quantitative estimate of drug-likeness (QED) is 0.412. The molecule has 0 spiro atoms. The van der Waals surface area contributed by atoms with Crippen LogP contribution in [0, 0.1) is 18.3 Å². The maximum atomic E-state index is 13.4. The Balaban J connectivity index is 1.82. The second-order valence-electron chi connectivity index (χ2n) is 8.51. The summed E-state index contributed by atoms with van der Waals surface area (Å²) in [6.07, 6.45) is 3.54. The predicted octanol–water partition coefficient (Wildman–Crippen LogP) is 4.07. The molecule has 2 saturated heterocycles. The van der Waals surface area contributed by atoms with Gasteiger partial charge in [-0.2, -0.15) is 5.26 Å². The van der Waals surface area contributed by atoms with Crippen LogP contribution in [0.2, 0.25) is 0 Å². The fraction of sp³-hybridized carbons (Fsp3) is 0.385. The van der Waals surface area contributed by atoms with E-state index in [-0.39, 0.29) is 17.0 Å². The Morgan fingerprint density at radius 1 is 1.20 bits per heavy atom. The number of carbonyl (C=O) groups is 1. The zero-order valence-electron chi connectivity index (χ0n) is 20.0. The van der Waals surface area contributed by atoms with Gasteiger partial charge in [0, 0.05) is 25.2 Å². The minimum absolute atomic E-state index is 0.115. The Morgan fingerprint density at radius 3 is 2.57 bits per heavy atom. The number of pyridine rings is 1. The molecule has 0 aliphatic carbocycles. The number of nitrogens with zero attached hydrogens (tertiary/aromatic N) is 4. The summed E-state index contributed by atoms with van der Waals surface area (Å²) in [5.41, 5.74) is 2.13. The van der Waals surface area contributed by atoms with E-state index in [1.54, 1.807) is 16.4 Å². The van der Waals surface area contributed by atoms with E-state index in [1.807, 2.05) is 36.4 Å². The summed E-state index contributed by atoms with van der Waals surface area (Å²) < 4.78 is 7.74. The zero-order valence-corrected chi connectivity index (χ0v) is 21.6. The highest BCUT2D eigenvalue weighted by Crippen LogP contribution is 2.36. The Bertz CT molecular complexity index is 1260. The molecule has 1 aromatic heterocycles. The first-order valence-electron chi connectivity index (χ1n) is 11.8. The number of thioether (sulfide) groups is 1. The van der Waals surface area contributed by atoms with Gasteiger partial charge in [0.2, 0.25) is 0 Å². The second kappa shape index (κ2) is 11.2. The van der Waals surface area contributed by atoms with Gasteiger partial charge in [-0.15, -0.1) is 0 Å². The van der Waals surface area contributed by atoms with Gasteiger partial charge >= 0.3 is 0 Å². The number of anilines is 1. The van der Waals surface area contributed by atoms with Crippen LogP contribution in [-0.4, -0.2) is 46.0 Å². The van der Waals surface area contributed by atoms with Crippen molar-refractivity contribution in [3.63, 3.8) is 0 Å². The summed E-state index contributed by atoms with van der Waals surface area (Å²) in [6, 6.07) is 11.8. The van der Waals surface area contributed by atoms with Gasteiger partial charge in [-0.25, -0.2) is 0 Å². The van der Waals surface area contributed by atoms with Crippen LogP contribution >= 0.6 is 24.0 Å². The minimum atomic E-state index is -0.284. The summed E-state index contributed by atoms with van der Waals surface area (Å²) >= 11 is 6.80. The number of benzene rings is 1. The van der Waals surface area contributed by atoms with E-state index in [0.717, 1.165) is 29.8 Å². The molecule has 2 aromatic rings. The van der Waals surface area contributed by atoms with E-state index in [9.17, 15) is 14.9 Å². The van der Waals surface area contributed by atoms with Crippen molar-refractivity contribution in [1.82, 2.24) is 9.47 Å². The number of unbranched alkanes of at least 4 members (excludes halogenated alkanes) is 1. The van der Waals surface area contributed by atoms with Crippen molar-refractivity contribution >= 4 is 46.1 Å². The first-order chi connectivity index (χ1) is 17.0. The lowest BCUT2D eigenvalue weighted by atomic mass is 10.0. The molecule has 35 heavy (non-hydrogen) atoms. The molecule has 182 valence electrons. The first kappa shape index (κ1) is 25.2. The molecule has 3 heterocycles. The SMILES string of the molecule is CCCCn1c(N2CCOCC2)c(/C=C2\SC(=S)N(Cc3ccccc3)C2=O)c(C)c(C#N)c1=O. The van der Waals surface area contributed by atoms with Crippen molar-refractivity contribution in [3.05, 3.63) is 67.8 Å². The lowest BCUT2D eigenvalue weighted by molar-refractivity contribution is -0.122. The van der Waals surface area contributed by atoms with Crippen molar-refractivity contribution in [1.29, 1.82) is 5.26 Å². The smallest absolute Gasteiger partial charge is 0.270 e. The largest absolute Gasteiger partial charge is 0.378 e. The number of thiocarbonyl (C=S) groups is 1. The molecule has 0 N–H and O–H groups in total. The van der Waals surface area contributed by atoms with E-state index in [1.165, 1.54) is 11.8 Å². The van der Waals surface area contributed by atoms with Crippen molar-refractivity contribution in [2.45, 2.75) is 39.8 Å². The highest BCUT2D eigenvalue weighted by Gasteiger charge is 2.33. The summed E-state index contributed by atoms with van der Waals surface area (Å²) in [5.74, 6) is 0.581. The van der Waals surface area contributed by atoms with Crippen molar-refractivity contribution < 1.29 is 9.53 Å². The van der Waals surface area contributed by atoms with E-state index < -0.39 is 0 Å². The van der Waals surface area contributed by atoms with E-state index in [2.05, 4.69) is 17.9 Å². The van der Waals surface area contributed by atoms with Gasteiger partial charge in [0.15, 0.2) is 0 Å². The fourth-order valence-electron chi connectivity index (χ4n) is 4.32. The van der Waals surface area contributed by atoms with Gasteiger partial charge in [0.25, 0.3) is 11.5 Å². The average molecular weight is 509 g/mol. The van der Waals surface area contributed by atoms with Crippen molar-refractivity contribution in [2.24, 2.45) is 0 Å². The van der Waals surface area contributed by atoms with Crippen molar-refractivity contribution in [3.8, 4) is 6.07 Å². The lowest BCUT2D eigenvalue weighted by Crippen LogP contribution is -2.41. The van der Waals surface area contributed by atoms with Crippen LogP contribution in [0.3, 0.4) is 0 Å². The van der Waals surface area contributed by atoms with E-state index in [4.69, 9.17) is 17.0 Å². The summed E-state index contributed by atoms with van der Waals surface area (Å²) in [4.78, 5) is 30.9.